The minimum Gasteiger partial charge on any atom is -0.479 e. The standard InChI is InChI=1S/C22H18F3NO3/c1-13-8-15(14-4-3-5-16(23)10-14)11-17(9-13)26(2)22-18(24)6-7-19(21(22)25)29-12-20(27)28/h3-11H,12H2,1-2H3,(H,27,28). The lowest BCUT2D eigenvalue weighted by atomic mass is 10.0. The summed E-state index contributed by atoms with van der Waals surface area (Å²) in [5.41, 5.74) is 2.21. The Labute approximate surface area is 165 Å². The van der Waals surface area contributed by atoms with Crippen molar-refractivity contribution in [1.82, 2.24) is 0 Å². The van der Waals surface area contributed by atoms with E-state index in [9.17, 15) is 18.0 Å². The Hall–Kier alpha value is -3.48. The molecule has 0 bridgehead atoms. The Bertz CT molecular complexity index is 1070. The molecule has 0 aliphatic heterocycles. The van der Waals surface area contributed by atoms with Crippen LogP contribution in [0.1, 0.15) is 5.56 Å². The third-order valence-electron chi connectivity index (χ3n) is 4.33. The molecular weight excluding hydrogens is 383 g/mol. The van der Waals surface area contributed by atoms with Crippen molar-refractivity contribution >= 4 is 17.3 Å². The first-order chi connectivity index (χ1) is 13.8. The maximum atomic E-state index is 14.8. The van der Waals surface area contributed by atoms with E-state index in [1.807, 2.05) is 13.0 Å². The maximum absolute atomic E-state index is 14.8. The first-order valence-electron chi connectivity index (χ1n) is 8.70. The third kappa shape index (κ3) is 4.51. The molecule has 0 atom stereocenters. The fraction of sp³-hybridized carbons (Fsp3) is 0.136. The van der Waals surface area contributed by atoms with E-state index in [1.54, 1.807) is 24.3 Å². The smallest absolute Gasteiger partial charge is 0.341 e. The molecule has 150 valence electrons. The van der Waals surface area contributed by atoms with Gasteiger partial charge in [-0.2, -0.15) is 0 Å². The maximum Gasteiger partial charge on any atom is 0.341 e. The second-order valence-corrected chi connectivity index (χ2v) is 6.52. The van der Waals surface area contributed by atoms with Gasteiger partial charge in [0.15, 0.2) is 18.2 Å². The highest BCUT2D eigenvalue weighted by Gasteiger charge is 2.20. The summed E-state index contributed by atoms with van der Waals surface area (Å²) >= 11 is 0. The summed E-state index contributed by atoms with van der Waals surface area (Å²) in [7, 11) is 1.48. The van der Waals surface area contributed by atoms with Crippen molar-refractivity contribution in [2.45, 2.75) is 6.92 Å². The van der Waals surface area contributed by atoms with Gasteiger partial charge in [0, 0.05) is 12.7 Å². The molecule has 4 nitrogen and oxygen atoms in total. The normalized spacial score (nSPS) is 10.7. The molecule has 3 rings (SSSR count). The fourth-order valence-corrected chi connectivity index (χ4v) is 3.00. The van der Waals surface area contributed by atoms with Gasteiger partial charge in [0.05, 0.1) is 0 Å². The zero-order valence-electron chi connectivity index (χ0n) is 15.7. The van der Waals surface area contributed by atoms with E-state index in [0.29, 0.717) is 16.8 Å². The molecule has 0 aliphatic carbocycles. The second kappa shape index (κ2) is 8.26. The predicted octanol–water partition coefficient (Wildman–Crippen LogP) is 5.31. The highest BCUT2D eigenvalue weighted by molar-refractivity contribution is 5.74. The quantitative estimate of drug-likeness (QED) is 0.608. The van der Waals surface area contributed by atoms with Crippen LogP contribution in [0.15, 0.2) is 54.6 Å². The number of carboxylic acids is 1. The number of nitrogens with zero attached hydrogens (tertiary/aromatic N) is 1. The molecule has 0 saturated heterocycles. The van der Waals surface area contributed by atoms with Crippen molar-refractivity contribution < 1.29 is 27.8 Å². The number of hydrogen-bond acceptors (Lipinski definition) is 3. The fourth-order valence-electron chi connectivity index (χ4n) is 3.00. The average Bonchev–Trinajstić information content (AvgIpc) is 2.66. The topological polar surface area (TPSA) is 49.8 Å². The van der Waals surface area contributed by atoms with Gasteiger partial charge < -0.3 is 14.7 Å². The van der Waals surface area contributed by atoms with E-state index in [1.165, 1.54) is 24.1 Å². The molecule has 0 unspecified atom stereocenters. The van der Waals surface area contributed by atoms with Gasteiger partial charge in [-0.25, -0.2) is 18.0 Å². The van der Waals surface area contributed by atoms with Gasteiger partial charge in [-0.3, -0.25) is 0 Å². The first kappa shape index (κ1) is 20.3. The number of aryl methyl sites for hydroxylation is 1. The molecule has 3 aromatic carbocycles. The molecular formula is C22H18F3NO3. The monoisotopic (exact) mass is 401 g/mol. The minimum absolute atomic E-state index is 0.367. The van der Waals surface area contributed by atoms with E-state index in [0.717, 1.165) is 17.7 Å². The molecule has 0 heterocycles. The van der Waals surface area contributed by atoms with E-state index in [2.05, 4.69) is 0 Å². The lowest BCUT2D eigenvalue weighted by Crippen LogP contribution is -2.16. The van der Waals surface area contributed by atoms with Crippen LogP contribution < -0.4 is 9.64 Å². The molecule has 7 heteroatoms. The third-order valence-corrected chi connectivity index (χ3v) is 4.33. The van der Waals surface area contributed by atoms with Gasteiger partial charge in [0.1, 0.15) is 17.3 Å². The van der Waals surface area contributed by atoms with Crippen molar-refractivity contribution in [2.24, 2.45) is 0 Å². The molecule has 1 N–H and O–H groups in total. The van der Waals surface area contributed by atoms with E-state index >= 15 is 0 Å². The number of ether oxygens (including phenoxy) is 1. The molecule has 3 aromatic rings. The summed E-state index contributed by atoms with van der Waals surface area (Å²) in [6.07, 6.45) is 0. The van der Waals surface area contributed by atoms with Crippen LogP contribution in [-0.4, -0.2) is 24.7 Å². The molecule has 0 aromatic heterocycles. The molecule has 0 saturated carbocycles. The Morgan fingerprint density at radius 1 is 1.03 bits per heavy atom. The Morgan fingerprint density at radius 2 is 1.79 bits per heavy atom. The van der Waals surface area contributed by atoms with Crippen LogP contribution in [-0.2, 0) is 4.79 Å². The average molecular weight is 401 g/mol. The highest BCUT2D eigenvalue weighted by Crippen LogP contribution is 2.36. The van der Waals surface area contributed by atoms with Crippen molar-refractivity contribution in [3.8, 4) is 16.9 Å². The number of halogens is 3. The van der Waals surface area contributed by atoms with Gasteiger partial charge in [-0.1, -0.05) is 18.2 Å². The van der Waals surface area contributed by atoms with Crippen molar-refractivity contribution in [3.05, 3.63) is 77.6 Å². The van der Waals surface area contributed by atoms with Crippen molar-refractivity contribution in [1.29, 1.82) is 0 Å². The number of benzene rings is 3. The highest BCUT2D eigenvalue weighted by atomic mass is 19.1. The Balaban J connectivity index is 2.03. The van der Waals surface area contributed by atoms with Gasteiger partial charge in [0.2, 0.25) is 0 Å². The molecule has 0 spiro atoms. The Kier molecular flexibility index (Phi) is 5.77. The van der Waals surface area contributed by atoms with E-state index in [-0.39, 0.29) is 17.3 Å². The Morgan fingerprint density at radius 3 is 2.48 bits per heavy atom. The second-order valence-electron chi connectivity index (χ2n) is 6.52. The molecule has 0 amide bonds. The summed E-state index contributed by atoms with van der Waals surface area (Å²) < 4.78 is 47.8. The number of rotatable bonds is 6. The SMILES string of the molecule is Cc1cc(-c2cccc(F)c2)cc(N(C)c2c(F)ccc(OCC(=O)O)c2F)c1. The van der Waals surface area contributed by atoms with Crippen LogP contribution in [0.25, 0.3) is 11.1 Å². The molecule has 29 heavy (non-hydrogen) atoms. The first-order valence-corrected chi connectivity index (χ1v) is 8.70. The molecule has 0 fully saturated rings. The van der Waals surface area contributed by atoms with Gasteiger partial charge in [0.25, 0.3) is 0 Å². The molecule has 0 aliphatic rings. The largest absolute Gasteiger partial charge is 0.479 e. The summed E-state index contributed by atoms with van der Waals surface area (Å²) in [6.45, 7) is 1.07. The summed E-state index contributed by atoms with van der Waals surface area (Å²) in [6, 6.07) is 13.3. The van der Waals surface area contributed by atoms with Crippen LogP contribution in [0.2, 0.25) is 0 Å². The molecule has 0 radical (unpaired) electrons. The zero-order chi connectivity index (χ0) is 21.1. The zero-order valence-corrected chi connectivity index (χ0v) is 15.7. The van der Waals surface area contributed by atoms with Crippen molar-refractivity contribution in [2.75, 3.05) is 18.6 Å². The number of anilines is 2. The number of carboxylic acid groups (broad SMARTS) is 1. The van der Waals surface area contributed by atoms with Gasteiger partial charge >= 0.3 is 5.97 Å². The van der Waals surface area contributed by atoms with E-state index in [4.69, 9.17) is 9.84 Å². The summed E-state index contributed by atoms with van der Waals surface area (Å²) in [5, 5.41) is 8.71. The van der Waals surface area contributed by atoms with Crippen LogP contribution in [0.5, 0.6) is 5.75 Å². The number of aliphatic carboxylic acids is 1. The van der Waals surface area contributed by atoms with E-state index < -0.39 is 24.2 Å². The lowest BCUT2D eigenvalue weighted by molar-refractivity contribution is -0.139. The van der Waals surface area contributed by atoms with Crippen LogP contribution in [0, 0.1) is 24.4 Å². The lowest BCUT2D eigenvalue weighted by Gasteiger charge is -2.23. The summed E-state index contributed by atoms with van der Waals surface area (Å²) in [5.74, 6) is -3.88. The number of carbonyl (C=O) groups is 1. The van der Waals surface area contributed by atoms with Crippen LogP contribution >= 0.6 is 0 Å². The van der Waals surface area contributed by atoms with Gasteiger partial charge in [-0.15, -0.1) is 0 Å². The number of hydrogen-bond donors (Lipinski definition) is 1. The van der Waals surface area contributed by atoms with Crippen LogP contribution in [0.4, 0.5) is 24.5 Å². The minimum atomic E-state index is -1.28. The predicted molar refractivity (Wildman–Crippen MR) is 104 cm³/mol. The van der Waals surface area contributed by atoms with Gasteiger partial charge in [-0.05, 0) is 60.0 Å². The van der Waals surface area contributed by atoms with Crippen LogP contribution in [0.3, 0.4) is 0 Å². The van der Waals surface area contributed by atoms with Crippen molar-refractivity contribution in [3.63, 3.8) is 0 Å². The summed E-state index contributed by atoms with van der Waals surface area (Å²) in [4.78, 5) is 12.0.